The quantitative estimate of drug-likeness (QED) is 0.933. The number of rotatable bonds is 3. The van der Waals surface area contributed by atoms with Crippen molar-refractivity contribution in [1.29, 1.82) is 0 Å². The number of amides is 1. The first-order valence-corrected chi connectivity index (χ1v) is 9.02. The van der Waals surface area contributed by atoms with E-state index in [1.54, 1.807) is 0 Å². The number of H-pyrrole nitrogens is 1. The van der Waals surface area contributed by atoms with Crippen LogP contribution in [0.5, 0.6) is 0 Å². The molecule has 0 spiro atoms. The largest absolute Gasteiger partial charge is 0.342 e. The number of carbonyl (C=O) groups excluding carboxylic acids is 1. The van der Waals surface area contributed by atoms with Crippen LogP contribution in [-0.2, 0) is 4.79 Å². The van der Waals surface area contributed by atoms with Crippen LogP contribution >= 0.6 is 0 Å². The number of hydrogen-bond acceptors (Lipinski definition) is 3. The minimum Gasteiger partial charge on any atom is -0.342 e. The van der Waals surface area contributed by atoms with Gasteiger partial charge in [0.1, 0.15) is 5.82 Å². The second-order valence-corrected chi connectivity index (χ2v) is 7.29. The van der Waals surface area contributed by atoms with Gasteiger partial charge in [-0.1, -0.05) is 19.3 Å². The summed E-state index contributed by atoms with van der Waals surface area (Å²) in [5.74, 6) is 3.84. The maximum atomic E-state index is 12.6. The lowest BCUT2D eigenvalue weighted by molar-refractivity contribution is -0.137. The van der Waals surface area contributed by atoms with E-state index >= 15 is 0 Å². The van der Waals surface area contributed by atoms with Crippen molar-refractivity contribution in [2.45, 2.75) is 69.6 Å². The van der Waals surface area contributed by atoms with E-state index in [0.29, 0.717) is 23.7 Å². The van der Waals surface area contributed by atoms with E-state index in [1.807, 2.05) is 0 Å². The van der Waals surface area contributed by atoms with E-state index in [4.69, 9.17) is 0 Å². The smallest absolute Gasteiger partial charge is 0.225 e. The second-order valence-electron chi connectivity index (χ2n) is 7.29. The number of piperidine rings is 1. The molecule has 5 nitrogen and oxygen atoms in total. The topological polar surface area (TPSA) is 61.9 Å². The normalized spacial score (nSPS) is 24.6. The SMILES string of the molecule is O=C(C1CCCCC1)N1CCC(c2nc(C3CC3)n[nH]2)CC1. The zero-order valence-electron chi connectivity index (χ0n) is 13.3. The number of hydrogen-bond donors (Lipinski definition) is 1. The maximum absolute atomic E-state index is 12.6. The summed E-state index contributed by atoms with van der Waals surface area (Å²) in [7, 11) is 0. The van der Waals surface area contributed by atoms with Crippen LogP contribution in [0.25, 0.3) is 0 Å². The molecule has 2 saturated carbocycles. The van der Waals surface area contributed by atoms with Crippen LogP contribution in [0.15, 0.2) is 0 Å². The van der Waals surface area contributed by atoms with Gasteiger partial charge in [0.2, 0.25) is 5.91 Å². The molecule has 1 amide bonds. The summed E-state index contributed by atoms with van der Waals surface area (Å²) in [6.45, 7) is 1.78. The van der Waals surface area contributed by atoms with E-state index in [2.05, 4.69) is 20.1 Å². The zero-order valence-corrected chi connectivity index (χ0v) is 13.3. The Kier molecular flexibility index (Phi) is 3.89. The predicted octanol–water partition coefficient (Wildman–Crippen LogP) is 2.97. The Labute approximate surface area is 131 Å². The molecule has 120 valence electrons. The molecule has 3 fully saturated rings. The Morgan fingerprint density at radius 1 is 0.955 bits per heavy atom. The first-order valence-electron chi connectivity index (χ1n) is 9.02. The van der Waals surface area contributed by atoms with Crippen LogP contribution in [-0.4, -0.2) is 39.1 Å². The molecule has 5 heteroatoms. The minimum absolute atomic E-state index is 0.303. The number of carbonyl (C=O) groups is 1. The van der Waals surface area contributed by atoms with E-state index in [-0.39, 0.29) is 0 Å². The molecule has 1 aromatic heterocycles. The summed E-state index contributed by atoms with van der Waals surface area (Å²) in [6.07, 6.45) is 10.5. The van der Waals surface area contributed by atoms with Crippen molar-refractivity contribution in [3.05, 3.63) is 11.6 Å². The number of nitrogens with zero attached hydrogens (tertiary/aromatic N) is 3. The Morgan fingerprint density at radius 2 is 1.68 bits per heavy atom. The van der Waals surface area contributed by atoms with Crippen molar-refractivity contribution in [2.75, 3.05) is 13.1 Å². The lowest BCUT2D eigenvalue weighted by Crippen LogP contribution is -2.42. The van der Waals surface area contributed by atoms with Crippen LogP contribution in [0, 0.1) is 5.92 Å². The third kappa shape index (κ3) is 2.90. The van der Waals surface area contributed by atoms with Crippen LogP contribution in [0.1, 0.15) is 81.3 Å². The van der Waals surface area contributed by atoms with Gasteiger partial charge in [0.15, 0.2) is 5.82 Å². The second kappa shape index (κ2) is 6.01. The van der Waals surface area contributed by atoms with Crippen molar-refractivity contribution in [3.8, 4) is 0 Å². The maximum Gasteiger partial charge on any atom is 0.225 e. The molecule has 22 heavy (non-hydrogen) atoms. The predicted molar refractivity (Wildman–Crippen MR) is 83.5 cm³/mol. The van der Waals surface area contributed by atoms with Crippen molar-refractivity contribution >= 4 is 5.91 Å². The Balaban J connectivity index is 1.32. The number of likely N-dealkylation sites (tertiary alicyclic amines) is 1. The number of aromatic nitrogens is 3. The molecule has 0 unspecified atom stereocenters. The highest BCUT2D eigenvalue weighted by Crippen LogP contribution is 2.38. The molecular weight excluding hydrogens is 276 g/mol. The Bertz CT molecular complexity index is 523. The average molecular weight is 302 g/mol. The van der Waals surface area contributed by atoms with E-state index < -0.39 is 0 Å². The third-order valence-corrected chi connectivity index (χ3v) is 5.61. The lowest BCUT2D eigenvalue weighted by Gasteiger charge is -2.34. The van der Waals surface area contributed by atoms with Gasteiger partial charge in [0.05, 0.1) is 0 Å². The molecule has 0 atom stereocenters. The molecule has 1 saturated heterocycles. The lowest BCUT2D eigenvalue weighted by atomic mass is 9.87. The summed E-state index contributed by atoms with van der Waals surface area (Å²) in [5.41, 5.74) is 0. The van der Waals surface area contributed by atoms with Gasteiger partial charge in [0.25, 0.3) is 0 Å². The summed E-state index contributed by atoms with van der Waals surface area (Å²) in [6, 6.07) is 0. The van der Waals surface area contributed by atoms with Crippen molar-refractivity contribution < 1.29 is 4.79 Å². The van der Waals surface area contributed by atoms with E-state index in [9.17, 15) is 4.79 Å². The van der Waals surface area contributed by atoms with Crippen molar-refractivity contribution in [1.82, 2.24) is 20.1 Å². The monoisotopic (exact) mass is 302 g/mol. The Hall–Kier alpha value is -1.39. The van der Waals surface area contributed by atoms with Crippen LogP contribution < -0.4 is 0 Å². The van der Waals surface area contributed by atoms with E-state index in [0.717, 1.165) is 50.4 Å². The highest BCUT2D eigenvalue weighted by molar-refractivity contribution is 5.79. The molecule has 2 aliphatic carbocycles. The molecular formula is C17H26N4O. The zero-order chi connectivity index (χ0) is 14.9. The van der Waals surface area contributed by atoms with Gasteiger partial charge in [-0.3, -0.25) is 9.89 Å². The van der Waals surface area contributed by atoms with Crippen LogP contribution in [0.2, 0.25) is 0 Å². The molecule has 2 heterocycles. The summed E-state index contributed by atoms with van der Waals surface area (Å²) < 4.78 is 0. The first-order chi connectivity index (χ1) is 10.8. The molecule has 0 bridgehead atoms. The number of aromatic amines is 1. The highest BCUT2D eigenvalue weighted by Gasteiger charge is 2.32. The van der Waals surface area contributed by atoms with Crippen molar-refractivity contribution in [2.24, 2.45) is 5.92 Å². The third-order valence-electron chi connectivity index (χ3n) is 5.61. The first kappa shape index (κ1) is 14.2. The fraction of sp³-hybridized carbons (Fsp3) is 0.824. The molecule has 1 N–H and O–H groups in total. The standard InChI is InChI=1S/C17H26N4O/c22-17(14-4-2-1-3-5-14)21-10-8-13(9-11-21)16-18-15(19-20-16)12-6-7-12/h12-14H,1-11H2,(H,18,19,20). The van der Waals surface area contributed by atoms with Gasteiger partial charge in [-0.05, 0) is 38.5 Å². The minimum atomic E-state index is 0.303. The van der Waals surface area contributed by atoms with Gasteiger partial charge in [0, 0.05) is 30.8 Å². The molecule has 4 rings (SSSR count). The molecule has 3 aliphatic rings. The summed E-state index contributed by atoms with van der Waals surface area (Å²) >= 11 is 0. The molecule has 1 aromatic rings. The van der Waals surface area contributed by atoms with Crippen LogP contribution in [0.3, 0.4) is 0 Å². The number of nitrogens with one attached hydrogen (secondary N) is 1. The van der Waals surface area contributed by atoms with Gasteiger partial charge in [-0.15, -0.1) is 0 Å². The summed E-state index contributed by atoms with van der Waals surface area (Å²) in [5, 5.41) is 7.50. The molecule has 0 radical (unpaired) electrons. The van der Waals surface area contributed by atoms with Gasteiger partial charge in [-0.2, -0.15) is 5.10 Å². The fourth-order valence-corrected chi connectivity index (χ4v) is 3.98. The molecule has 0 aromatic carbocycles. The summed E-state index contributed by atoms with van der Waals surface area (Å²) in [4.78, 5) is 19.4. The van der Waals surface area contributed by atoms with Crippen LogP contribution in [0.4, 0.5) is 0 Å². The Morgan fingerprint density at radius 3 is 2.36 bits per heavy atom. The van der Waals surface area contributed by atoms with E-state index in [1.165, 1.54) is 32.1 Å². The van der Waals surface area contributed by atoms with Crippen molar-refractivity contribution in [3.63, 3.8) is 0 Å². The van der Waals surface area contributed by atoms with Gasteiger partial charge < -0.3 is 4.90 Å². The van der Waals surface area contributed by atoms with Gasteiger partial charge in [-0.25, -0.2) is 4.98 Å². The molecule has 1 aliphatic heterocycles. The van der Waals surface area contributed by atoms with Gasteiger partial charge >= 0.3 is 0 Å². The average Bonchev–Trinajstić information content (AvgIpc) is 3.32. The fourth-order valence-electron chi connectivity index (χ4n) is 3.98. The highest BCUT2D eigenvalue weighted by atomic mass is 16.2.